The zero-order chi connectivity index (χ0) is 102. The third-order valence-corrected chi connectivity index (χ3v) is 36.4. The lowest BCUT2D eigenvalue weighted by Gasteiger charge is -2.33. The highest BCUT2D eigenvalue weighted by atomic mass is 32.2. The molecule has 10 fully saturated rings. The third-order valence-electron chi connectivity index (χ3n) is 29.0. The first-order valence-electron chi connectivity index (χ1n) is 51.3. The summed E-state index contributed by atoms with van der Waals surface area (Å²) in [6.45, 7) is 37.4. The number of hydrogen-bond donors (Lipinski definition) is 0. The number of piperazine rings is 5. The van der Waals surface area contributed by atoms with Crippen molar-refractivity contribution in [3.63, 3.8) is 0 Å². The first kappa shape index (κ1) is 109. The van der Waals surface area contributed by atoms with Gasteiger partial charge in [-0.25, -0.2) is 0 Å². The van der Waals surface area contributed by atoms with E-state index in [4.69, 9.17) is 84.8 Å². The fourth-order valence-corrected chi connectivity index (χ4v) is 25.7. The molecule has 0 radical (unpaired) electrons. The quantitative estimate of drug-likeness (QED) is 0.0519. The number of thiocarbonyl (C=S) groups is 5. The molecule has 0 saturated carbocycles. The molecule has 0 aromatic heterocycles. The van der Waals surface area contributed by atoms with E-state index in [1.807, 2.05) is 151 Å². The van der Waals surface area contributed by atoms with Crippen LogP contribution in [-0.4, -0.2) is 447 Å². The van der Waals surface area contributed by atoms with Crippen molar-refractivity contribution in [2.45, 2.75) is 129 Å². The predicted molar refractivity (Wildman–Crippen MR) is 615 cm³/mol. The Morgan fingerprint density at radius 1 is 0.255 bits per heavy atom. The number of thioether (sulfide) groups is 5. The van der Waals surface area contributed by atoms with Gasteiger partial charge in [0.2, 0.25) is 0 Å². The van der Waals surface area contributed by atoms with E-state index in [2.05, 4.69) is 109 Å². The van der Waals surface area contributed by atoms with E-state index in [0.29, 0.717) is 89.3 Å². The van der Waals surface area contributed by atoms with Crippen LogP contribution in [0.2, 0.25) is 0 Å². The first-order chi connectivity index (χ1) is 70.1. The van der Waals surface area contributed by atoms with Gasteiger partial charge >= 0.3 is 0 Å². The highest BCUT2D eigenvalue weighted by Crippen LogP contribution is 2.42. The minimum Gasteiger partial charge on any atom is -0.492 e. The van der Waals surface area contributed by atoms with Crippen molar-refractivity contribution in [2.24, 2.45) is 25.0 Å². The van der Waals surface area contributed by atoms with Gasteiger partial charge in [-0.2, -0.15) is 0 Å². The Morgan fingerprint density at radius 3 is 0.572 bits per heavy atom. The van der Waals surface area contributed by atoms with Crippen molar-refractivity contribution in [2.75, 3.05) is 261 Å². The second-order valence-corrected chi connectivity index (χ2v) is 48.0. The largest absolute Gasteiger partial charge is 0.492 e. The summed E-state index contributed by atoms with van der Waals surface area (Å²) < 4.78 is 34.9. The van der Waals surface area contributed by atoms with Gasteiger partial charge in [-0.15, -0.1) is 0 Å². The van der Waals surface area contributed by atoms with Crippen LogP contribution in [0.25, 0.3) is 0 Å². The van der Waals surface area contributed by atoms with E-state index >= 15 is 0 Å². The Balaban J connectivity index is 0.000000130. The van der Waals surface area contributed by atoms with Crippen molar-refractivity contribution in [1.82, 2.24) is 73.5 Å². The number of ether oxygens (including phenoxy) is 5. The van der Waals surface area contributed by atoms with Gasteiger partial charge in [0.05, 0.1) is 119 Å². The van der Waals surface area contributed by atoms with E-state index in [9.17, 15) is 24.0 Å². The number of carbonyl (C=O) groups excluding carboxylic acids is 5. The fraction of sp³-hybridized carbons (Fsp3) is 0.571. The molecule has 0 aliphatic carbocycles. The molecule has 30 nitrogen and oxygen atoms in total. The van der Waals surface area contributed by atoms with Crippen LogP contribution < -0.4 is 23.7 Å². The van der Waals surface area contributed by atoms with Crippen LogP contribution in [0.5, 0.6) is 28.7 Å². The van der Waals surface area contributed by atoms with E-state index in [0.717, 1.165) is 335 Å². The van der Waals surface area contributed by atoms with Crippen molar-refractivity contribution >= 4 is 231 Å². The van der Waals surface area contributed by atoms with Crippen LogP contribution in [0.4, 0.5) is 28.4 Å². The summed E-state index contributed by atoms with van der Waals surface area (Å²) in [7, 11) is 10.7. The number of rotatable bonds is 20. The molecule has 40 heteroatoms. The van der Waals surface area contributed by atoms with Crippen LogP contribution in [0.1, 0.15) is 144 Å². The van der Waals surface area contributed by atoms with Gasteiger partial charge < -0.3 is 97.2 Å². The van der Waals surface area contributed by atoms with Gasteiger partial charge in [-0.05, 0) is 192 Å². The molecule has 145 heavy (non-hydrogen) atoms. The lowest BCUT2D eigenvalue weighted by Crippen LogP contribution is -2.45. The van der Waals surface area contributed by atoms with Crippen LogP contribution >= 0.6 is 120 Å². The number of nitrogens with zero attached hydrogens (tertiary/aromatic N) is 20. The van der Waals surface area contributed by atoms with Crippen LogP contribution in [0.3, 0.4) is 0 Å². The molecule has 15 aliphatic heterocycles. The van der Waals surface area contributed by atoms with Crippen molar-refractivity contribution in [3.8, 4) is 28.7 Å². The average molecular weight is 2160 g/mol. The Bertz CT molecular complexity index is 4890. The minimum atomic E-state index is 0.0859. The first-order valence-corrected chi connectivity index (χ1v) is 58.2. The summed E-state index contributed by atoms with van der Waals surface area (Å²) in [6.07, 6.45) is 19.8. The topological polar surface area (TPSA) is 242 Å². The zero-order valence-electron chi connectivity index (χ0n) is 85.5. The predicted octanol–water partition coefficient (Wildman–Crippen LogP) is 14.8. The van der Waals surface area contributed by atoms with Crippen molar-refractivity contribution < 1.29 is 47.7 Å². The second kappa shape index (κ2) is 52.5. The lowest BCUT2D eigenvalue weighted by molar-refractivity contribution is 0.0767. The number of fused-ring (bicyclic) bond motifs is 10. The maximum Gasteiger partial charge on any atom is 0.256 e. The molecule has 5 aromatic carbocycles. The molecule has 10 saturated heterocycles. The van der Waals surface area contributed by atoms with Crippen molar-refractivity contribution in [1.29, 1.82) is 0 Å². The smallest absolute Gasteiger partial charge is 0.256 e. The number of likely N-dealkylation sites (N-methyl/N-ethyl adjacent to an activating group) is 5. The van der Waals surface area contributed by atoms with E-state index in [1.54, 1.807) is 58.8 Å². The molecule has 5 amide bonds. The molecule has 5 atom stereocenters. The van der Waals surface area contributed by atoms with Crippen LogP contribution in [0, 0.1) is 34.6 Å². The van der Waals surface area contributed by atoms with E-state index < -0.39 is 0 Å². The Labute approximate surface area is 904 Å². The Morgan fingerprint density at radius 2 is 0.414 bits per heavy atom. The number of carbonyl (C=O) groups is 5. The monoisotopic (exact) mass is 2160 g/mol. The number of aryl methyl sites for hydroxylation is 5. The molecule has 0 N–H and O–H groups in total. The number of aliphatic imine (C=N–C) groups is 5. The average Bonchev–Trinajstić information content (AvgIpc) is 1.53. The molecule has 15 aliphatic rings. The fourth-order valence-electron chi connectivity index (χ4n) is 20.0. The van der Waals surface area contributed by atoms with E-state index in [-0.39, 0.29) is 59.7 Å². The van der Waals surface area contributed by atoms with Crippen LogP contribution in [-0.2, 0) is 0 Å². The van der Waals surface area contributed by atoms with Gasteiger partial charge in [0.1, 0.15) is 50.4 Å². The maximum atomic E-state index is 12.9. The number of hydrogen-bond acceptors (Lipinski definition) is 30. The third kappa shape index (κ3) is 28.6. The highest BCUT2D eigenvalue weighted by molar-refractivity contribution is 8.24. The van der Waals surface area contributed by atoms with E-state index in [1.165, 1.54) is 0 Å². The summed E-state index contributed by atoms with van der Waals surface area (Å²) in [4.78, 5) is 120. The SMILES string of the molecule is Cc1cc2c(cc1OCCSC(=S)N1CCN(C)CC1)N=C[C@@H]1CCCN1C2=O.Cc1cc2c(cc1OCCSC(=S)N1CCN(C)CC1)N=C[C@@H]1CCCN1C2=O.Cc1cc2c(cc1OCCSC(=S)N1CCN(C)CC1)N=C[C@@H]1CCCN1C2=O.Cc1cc2c(cc1OCCSC(=S)N1CCN(C)CC1)N=C[C@@H]1CCCN1C2=O.Cc1cc2c(cc1OCCSC(=S)N1CCN(C)CC1)N=C[C@@H]1CCCN1C2=O. The van der Waals surface area contributed by atoms with Gasteiger partial charge in [0.15, 0.2) is 0 Å². The Hall–Kier alpha value is -8.20. The molecule has 780 valence electrons. The highest BCUT2D eigenvalue weighted by Gasteiger charge is 2.39. The molecule has 15 heterocycles. The summed E-state index contributed by atoms with van der Waals surface area (Å²) in [5, 5.41) is 0. The molecule has 5 aromatic rings. The molecule has 0 bridgehead atoms. The standard InChI is InChI=1S/5C21H28N4O2S2/c5*1-15-12-17-18(22-14-16-4-3-5-25(16)20(17)26)13-19(15)27-10-11-29-21(28)24-8-6-23(2)7-9-24/h5*12-14,16H,3-11H2,1-2H3/t5*16-/m00000/s1. The molecular formula is C105H140N20O10S10. The van der Waals surface area contributed by atoms with Gasteiger partial charge in [-0.1, -0.05) is 120 Å². The molecule has 0 unspecified atom stereocenters. The number of benzene rings is 5. The molecular weight excluding hydrogens is 2020 g/mol. The summed E-state index contributed by atoms with van der Waals surface area (Å²) in [5.41, 5.74) is 11.8. The lowest BCUT2D eigenvalue weighted by atomic mass is 10.1. The zero-order valence-corrected chi connectivity index (χ0v) is 93.6. The summed E-state index contributed by atoms with van der Waals surface area (Å²) >= 11 is 36.2. The Kier molecular flexibility index (Phi) is 39.6. The van der Waals surface area contributed by atoms with Crippen molar-refractivity contribution in [3.05, 3.63) is 116 Å². The number of amides is 5. The second-order valence-electron chi connectivity index (χ2n) is 39.4. The van der Waals surface area contributed by atoms with Crippen LogP contribution in [0.15, 0.2) is 85.6 Å². The minimum absolute atomic E-state index is 0.0859. The summed E-state index contributed by atoms with van der Waals surface area (Å²) in [6, 6.07) is 19.8. The maximum absolute atomic E-state index is 12.9. The van der Waals surface area contributed by atoms with Gasteiger partial charge in [-0.3, -0.25) is 48.9 Å². The summed E-state index contributed by atoms with van der Waals surface area (Å²) in [5.74, 6) is 8.42. The molecule has 0 spiro atoms. The van der Waals surface area contributed by atoms with Gasteiger partial charge in [0, 0.05) is 254 Å². The van der Waals surface area contributed by atoms with Gasteiger partial charge in [0.25, 0.3) is 29.5 Å². The normalized spacial score (nSPS) is 21.7. The molecule has 20 rings (SSSR count).